The van der Waals surface area contributed by atoms with Crippen LogP contribution in [0.5, 0.6) is 5.75 Å². The molecule has 1 aromatic carbocycles. The van der Waals surface area contributed by atoms with Gasteiger partial charge in [-0.25, -0.2) is 4.98 Å². The van der Waals surface area contributed by atoms with Gasteiger partial charge in [0.15, 0.2) is 0 Å². The van der Waals surface area contributed by atoms with Crippen molar-refractivity contribution in [3.05, 3.63) is 48.0 Å². The first-order chi connectivity index (χ1) is 13.2. The maximum Gasteiger partial charge on any atom is 0.253 e. The molecule has 0 radical (unpaired) electrons. The first-order valence-corrected chi connectivity index (χ1v) is 10.3. The smallest absolute Gasteiger partial charge is 0.253 e. The Kier molecular flexibility index (Phi) is 5.46. The van der Waals surface area contributed by atoms with E-state index in [-0.39, 0.29) is 5.91 Å². The van der Waals surface area contributed by atoms with Crippen molar-refractivity contribution in [2.75, 3.05) is 19.7 Å². The molecule has 1 aliphatic carbocycles. The summed E-state index contributed by atoms with van der Waals surface area (Å²) in [5, 5.41) is 0. The lowest BCUT2D eigenvalue weighted by atomic mass is 9.85. The number of rotatable bonds is 6. The molecular weight excluding hydrogens is 338 g/mol. The molecule has 1 amide bonds. The van der Waals surface area contributed by atoms with Crippen LogP contribution in [-0.4, -0.2) is 40.1 Å². The van der Waals surface area contributed by atoms with E-state index >= 15 is 0 Å². The highest BCUT2D eigenvalue weighted by atomic mass is 16.5. The highest BCUT2D eigenvalue weighted by Crippen LogP contribution is 2.32. The van der Waals surface area contributed by atoms with Crippen LogP contribution in [0.2, 0.25) is 0 Å². The van der Waals surface area contributed by atoms with Crippen molar-refractivity contribution in [1.82, 2.24) is 14.5 Å². The maximum atomic E-state index is 12.8. The lowest BCUT2D eigenvalue weighted by Gasteiger charge is -2.33. The lowest BCUT2D eigenvalue weighted by molar-refractivity contribution is 0.0710. The van der Waals surface area contributed by atoms with Gasteiger partial charge in [0.05, 0.1) is 6.61 Å². The van der Waals surface area contributed by atoms with Crippen LogP contribution < -0.4 is 4.74 Å². The van der Waals surface area contributed by atoms with Gasteiger partial charge in [-0.05, 0) is 62.8 Å². The second-order valence-electron chi connectivity index (χ2n) is 7.76. The van der Waals surface area contributed by atoms with Crippen molar-refractivity contribution in [2.24, 2.45) is 5.92 Å². The summed E-state index contributed by atoms with van der Waals surface area (Å²) < 4.78 is 7.82. The van der Waals surface area contributed by atoms with E-state index < -0.39 is 0 Å². The highest BCUT2D eigenvalue weighted by molar-refractivity contribution is 5.94. The van der Waals surface area contributed by atoms with Crippen molar-refractivity contribution in [3.63, 3.8) is 0 Å². The van der Waals surface area contributed by atoms with Crippen LogP contribution in [-0.2, 0) is 6.54 Å². The summed E-state index contributed by atoms with van der Waals surface area (Å²) in [6.45, 7) is 5.30. The standard InChI is InChI=1S/C22H29N3O2/c1-2-27-20-8-6-19(7-9-20)22(26)24-13-10-18(11-14-24)21-23-12-15-25(21)16-17-4-3-5-17/h6-9,12,15,17-18H,2-5,10-11,13-14,16H2,1H3. The summed E-state index contributed by atoms with van der Waals surface area (Å²) in [6.07, 6.45) is 10.1. The molecule has 2 fully saturated rings. The number of benzene rings is 1. The third-order valence-electron chi connectivity index (χ3n) is 5.99. The molecule has 1 aromatic heterocycles. The molecule has 2 heterocycles. The number of aromatic nitrogens is 2. The fourth-order valence-corrected chi connectivity index (χ4v) is 4.17. The van der Waals surface area contributed by atoms with E-state index in [4.69, 9.17) is 4.74 Å². The zero-order valence-corrected chi connectivity index (χ0v) is 16.1. The van der Waals surface area contributed by atoms with Crippen molar-refractivity contribution in [1.29, 1.82) is 0 Å². The van der Waals surface area contributed by atoms with E-state index in [1.165, 1.54) is 25.1 Å². The Morgan fingerprint density at radius 2 is 1.89 bits per heavy atom. The van der Waals surface area contributed by atoms with Gasteiger partial charge < -0.3 is 14.2 Å². The third kappa shape index (κ3) is 4.02. The summed E-state index contributed by atoms with van der Waals surface area (Å²) in [7, 11) is 0. The molecule has 1 aliphatic heterocycles. The molecule has 5 heteroatoms. The number of amides is 1. The van der Waals surface area contributed by atoms with Crippen LogP contribution in [0.4, 0.5) is 0 Å². The van der Waals surface area contributed by atoms with Gasteiger partial charge >= 0.3 is 0 Å². The average molecular weight is 367 g/mol. The van der Waals surface area contributed by atoms with Crippen LogP contribution in [0.25, 0.3) is 0 Å². The number of imidazole rings is 1. The predicted octanol–water partition coefficient (Wildman–Crippen LogP) is 4.10. The highest BCUT2D eigenvalue weighted by Gasteiger charge is 2.28. The van der Waals surface area contributed by atoms with Gasteiger partial charge in [-0.3, -0.25) is 4.79 Å². The number of carbonyl (C=O) groups excluding carboxylic acids is 1. The number of ether oxygens (including phenoxy) is 1. The molecule has 0 N–H and O–H groups in total. The van der Waals surface area contributed by atoms with Crippen LogP contribution in [0.15, 0.2) is 36.7 Å². The largest absolute Gasteiger partial charge is 0.494 e. The first kappa shape index (κ1) is 18.1. The summed E-state index contributed by atoms with van der Waals surface area (Å²) in [6, 6.07) is 7.48. The van der Waals surface area contributed by atoms with E-state index in [0.29, 0.717) is 12.5 Å². The van der Waals surface area contributed by atoms with Crippen molar-refractivity contribution in [3.8, 4) is 5.75 Å². The number of carbonyl (C=O) groups is 1. The lowest BCUT2D eigenvalue weighted by Crippen LogP contribution is -2.38. The molecule has 2 aliphatic rings. The van der Waals surface area contributed by atoms with Crippen molar-refractivity contribution >= 4 is 5.91 Å². The Labute approximate surface area is 161 Å². The van der Waals surface area contributed by atoms with Gasteiger partial charge in [0.2, 0.25) is 0 Å². The van der Waals surface area contributed by atoms with Crippen LogP contribution in [0.3, 0.4) is 0 Å². The van der Waals surface area contributed by atoms with E-state index in [1.807, 2.05) is 42.3 Å². The molecular formula is C22H29N3O2. The van der Waals surface area contributed by atoms with E-state index in [1.54, 1.807) is 0 Å². The fraction of sp³-hybridized carbons (Fsp3) is 0.545. The Bertz CT molecular complexity index is 756. The van der Waals surface area contributed by atoms with Gasteiger partial charge in [0.1, 0.15) is 11.6 Å². The molecule has 5 nitrogen and oxygen atoms in total. The Morgan fingerprint density at radius 3 is 2.52 bits per heavy atom. The van der Waals surface area contributed by atoms with Crippen LogP contribution in [0.1, 0.15) is 61.1 Å². The van der Waals surface area contributed by atoms with E-state index in [2.05, 4.69) is 15.7 Å². The Hall–Kier alpha value is -2.30. The van der Waals surface area contributed by atoms with Crippen LogP contribution >= 0.6 is 0 Å². The summed E-state index contributed by atoms with van der Waals surface area (Å²) in [4.78, 5) is 19.4. The number of hydrogen-bond donors (Lipinski definition) is 0. The number of piperidine rings is 1. The van der Waals surface area contributed by atoms with Crippen LogP contribution in [0, 0.1) is 5.92 Å². The van der Waals surface area contributed by atoms with Gasteiger partial charge in [0, 0.05) is 43.5 Å². The maximum absolute atomic E-state index is 12.8. The molecule has 0 unspecified atom stereocenters. The van der Waals surface area contributed by atoms with E-state index in [9.17, 15) is 4.79 Å². The SMILES string of the molecule is CCOc1ccc(C(=O)N2CCC(c3nccn3CC3CCC3)CC2)cc1. The normalized spacial score (nSPS) is 18.3. The number of nitrogens with zero attached hydrogens (tertiary/aromatic N) is 3. The zero-order chi connectivity index (χ0) is 18.6. The monoisotopic (exact) mass is 367 g/mol. The molecule has 2 aromatic rings. The predicted molar refractivity (Wildman–Crippen MR) is 105 cm³/mol. The zero-order valence-electron chi connectivity index (χ0n) is 16.1. The number of likely N-dealkylation sites (tertiary alicyclic amines) is 1. The summed E-state index contributed by atoms with van der Waals surface area (Å²) in [5.41, 5.74) is 0.739. The Morgan fingerprint density at radius 1 is 1.15 bits per heavy atom. The van der Waals surface area contributed by atoms with E-state index in [0.717, 1.165) is 49.7 Å². The number of hydrogen-bond acceptors (Lipinski definition) is 3. The quantitative estimate of drug-likeness (QED) is 0.772. The minimum atomic E-state index is 0.120. The molecule has 1 saturated carbocycles. The average Bonchev–Trinajstić information content (AvgIpc) is 3.13. The molecule has 4 rings (SSSR count). The Balaban J connectivity index is 1.34. The molecule has 0 atom stereocenters. The fourth-order valence-electron chi connectivity index (χ4n) is 4.17. The second kappa shape index (κ2) is 8.15. The third-order valence-corrected chi connectivity index (χ3v) is 5.99. The summed E-state index contributed by atoms with van der Waals surface area (Å²) >= 11 is 0. The molecule has 1 saturated heterocycles. The molecule has 0 bridgehead atoms. The minimum Gasteiger partial charge on any atom is -0.494 e. The van der Waals surface area contributed by atoms with Gasteiger partial charge in [0.25, 0.3) is 5.91 Å². The molecule has 144 valence electrons. The van der Waals surface area contributed by atoms with Gasteiger partial charge in [-0.2, -0.15) is 0 Å². The molecule has 27 heavy (non-hydrogen) atoms. The van der Waals surface area contributed by atoms with Gasteiger partial charge in [-0.15, -0.1) is 0 Å². The molecule has 0 spiro atoms. The minimum absolute atomic E-state index is 0.120. The second-order valence-corrected chi connectivity index (χ2v) is 7.76. The topological polar surface area (TPSA) is 47.4 Å². The first-order valence-electron chi connectivity index (χ1n) is 10.3. The van der Waals surface area contributed by atoms with Gasteiger partial charge in [-0.1, -0.05) is 6.42 Å². The van der Waals surface area contributed by atoms with Crippen molar-refractivity contribution in [2.45, 2.75) is 51.5 Å². The van der Waals surface area contributed by atoms with Crippen molar-refractivity contribution < 1.29 is 9.53 Å². The summed E-state index contributed by atoms with van der Waals surface area (Å²) in [5.74, 6) is 3.44.